The fraction of sp³-hybridized carbons (Fsp3) is 0.462. The number of nitrogens with two attached hydrogens (primary N) is 1. The summed E-state index contributed by atoms with van der Waals surface area (Å²) in [4.78, 5) is 11.8. The standard InChI is InChI=1S/C13H17F3N2O/c1-3-9(4-2)18-12(19)8-5-6-11(17)10(7-8)13(14,15)16/h5-7,9H,3-4,17H2,1-2H3,(H,18,19). The fourth-order valence-corrected chi connectivity index (χ4v) is 1.70. The predicted molar refractivity (Wildman–Crippen MR) is 67.7 cm³/mol. The van der Waals surface area contributed by atoms with E-state index >= 15 is 0 Å². The summed E-state index contributed by atoms with van der Waals surface area (Å²) in [7, 11) is 0. The van der Waals surface area contributed by atoms with Gasteiger partial charge in [-0.05, 0) is 31.0 Å². The number of nitrogen functional groups attached to an aromatic ring is 1. The van der Waals surface area contributed by atoms with Crippen LogP contribution < -0.4 is 11.1 Å². The normalized spacial score (nSPS) is 11.7. The Morgan fingerprint density at radius 1 is 1.32 bits per heavy atom. The topological polar surface area (TPSA) is 55.1 Å². The second kappa shape index (κ2) is 5.95. The minimum Gasteiger partial charge on any atom is -0.398 e. The summed E-state index contributed by atoms with van der Waals surface area (Å²) in [5.74, 6) is -0.515. The van der Waals surface area contributed by atoms with E-state index in [0.717, 1.165) is 25.0 Å². The van der Waals surface area contributed by atoms with Gasteiger partial charge in [0.05, 0.1) is 5.56 Å². The van der Waals surface area contributed by atoms with Crippen molar-refractivity contribution in [3.8, 4) is 0 Å². The molecule has 0 atom stereocenters. The highest BCUT2D eigenvalue weighted by Crippen LogP contribution is 2.33. The summed E-state index contributed by atoms with van der Waals surface area (Å²) in [6, 6.07) is 3.14. The Kier molecular flexibility index (Phi) is 4.80. The molecule has 6 heteroatoms. The lowest BCUT2D eigenvalue weighted by Crippen LogP contribution is -2.34. The number of halogens is 3. The number of nitrogens with one attached hydrogen (secondary N) is 1. The maximum atomic E-state index is 12.7. The van der Waals surface area contributed by atoms with E-state index in [4.69, 9.17) is 5.73 Å². The molecule has 0 radical (unpaired) electrons. The van der Waals surface area contributed by atoms with E-state index in [2.05, 4.69) is 5.32 Å². The summed E-state index contributed by atoms with van der Waals surface area (Å²) in [5.41, 5.74) is 3.88. The molecule has 0 bridgehead atoms. The molecular weight excluding hydrogens is 257 g/mol. The highest BCUT2D eigenvalue weighted by atomic mass is 19.4. The first kappa shape index (κ1) is 15.3. The number of hydrogen-bond donors (Lipinski definition) is 2. The first-order valence-corrected chi connectivity index (χ1v) is 6.07. The van der Waals surface area contributed by atoms with E-state index in [0.29, 0.717) is 0 Å². The fourth-order valence-electron chi connectivity index (χ4n) is 1.70. The summed E-state index contributed by atoms with van der Waals surface area (Å²) in [6.45, 7) is 3.80. The van der Waals surface area contributed by atoms with Crippen LogP contribution in [-0.2, 0) is 6.18 Å². The van der Waals surface area contributed by atoms with Crippen LogP contribution in [0.25, 0.3) is 0 Å². The Morgan fingerprint density at radius 2 is 1.89 bits per heavy atom. The van der Waals surface area contributed by atoms with Gasteiger partial charge < -0.3 is 11.1 Å². The average molecular weight is 274 g/mol. The van der Waals surface area contributed by atoms with E-state index in [1.807, 2.05) is 13.8 Å². The molecule has 0 aliphatic rings. The number of rotatable bonds is 4. The SMILES string of the molecule is CCC(CC)NC(=O)c1ccc(N)c(C(F)(F)F)c1. The van der Waals surface area contributed by atoms with Crippen molar-refractivity contribution < 1.29 is 18.0 Å². The molecule has 1 rings (SSSR count). The Labute approximate surface area is 110 Å². The van der Waals surface area contributed by atoms with Crippen molar-refractivity contribution in [3.05, 3.63) is 29.3 Å². The van der Waals surface area contributed by atoms with Gasteiger partial charge in [-0.1, -0.05) is 13.8 Å². The second-order valence-electron chi connectivity index (χ2n) is 4.29. The third-order valence-electron chi connectivity index (χ3n) is 2.94. The Morgan fingerprint density at radius 3 is 2.37 bits per heavy atom. The molecule has 0 unspecified atom stereocenters. The van der Waals surface area contributed by atoms with Crippen LogP contribution in [0.15, 0.2) is 18.2 Å². The van der Waals surface area contributed by atoms with Crippen LogP contribution in [0.5, 0.6) is 0 Å². The van der Waals surface area contributed by atoms with Crippen molar-refractivity contribution in [2.24, 2.45) is 0 Å². The Hall–Kier alpha value is -1.72. The van der Waals surface area contributed by atoms with Gasteiger partial charge in [0.2, 0.25) is 0 Å². The number of carbonyl (C=O) groups is 1. The van der Waals surface area contributed by atoms with Crippen molar-refractivity contribution >= 4 is 11.6 Å². The Bertz CT molecular complexity index is 454. The van der Waals surface area contributed by atoms with Crippen LogP contribution >= 0.6 is 0 Å². The van der Waals surface area contributed by atoms with E-state index in [9.17, 15) is 18.0 Å². The van der Waals surface area contributed by atoms with Crippen LogP contribution in [0.3, 0.4) is 0 Å². The number of benzene rings is 1. The van der Waals surface area contributed by atoms with Crippen LogP contribution in [-0.4, -0.2) is 11.9 Å². The third-order valence-corrected chi connectivity index (χ3v) is 2.94. The van der Waals surface area contributed by atoms with Crippen LogP contribution in [0.1, 0.15) is 42.6 Å². The van der Waals surface area contributed by atoms with Crippen LogP contribution in [0.2, 0.25) is 0 Å². The molecule has 0 saturated carbocycles. The number of alkyl halides is 3. The maximum absolute atomic E-state index is 12.7. The summed E-state index contributed by atoms with van der Waals surface area (Å²) >= 11 is 0. The van der Waals surface area contributed by atoms with Gasteiger partial charge in [-0.25, -0.2) is 0 Å². The minimum atomic E-state index is -4.56. The lowest BCUT2D eigenvalue weighted by Gasteiger charge is -2.16. The van der Waals surface area contributed by atoms with Crippen LogP contribution in [0, 0.1) is 0 Å². The highest BCUT2D eigenvalue weighted by Gasteiger charge is 2.33. The lowest BCUT2D eigenvalue weighted by atomic mass is 10.1. The van der Waals surface area contributed by atoms with Gasteiger partial charge in [-0.15, -0.1) is 0 Å². The van der Waals surface area contributed by atoms with Gasteiger partial charge >= 0.3 is 6.18 Å². The summed E-state index contributed by atoms with van der Waals surface area (Å²) in [6.07, 6.45) is -3.11. The summed E-state index contributed by atoms with van der Waals surface area (Å²) < 4.78 is 38.0. The maximum Gasteiger partial charge on any atom is 0.418 e. The zero-order valence-electron chi connectivity index (χ0n) is 10.8. The molecule has 0 heterocycles. The first-order valence-electron chi connectivity index (χ1n) is 6.07. The largest absolute Gasteiger partial charge is 0.418 e. The molecule has 0 aliphatic carbocycles. The molecule has 0 aromatic heterocycles. The molecule has 0 spiro atoms. The van der Waals surface area contributed by atoms with Crippen molar-refractivity contribution in [1.29, 1.82) is 0 Å². The zero-order valence-corrected chi connectivity index (χ0v) is 10.8. The minimum absolute atomic E-state index is 0.0339. The molecule has 3 N–H and O–H groups in total. The monoisotopic (exact) mass is 274 g/mol. The van der Waals surface area contributed by atoms with E-state index in [-0.39, 0.29) is 17.3 Å². The second-order valence-corrected chi connectivity index (χ2v) is 4.29. The number of carbonyl (C=O) groups excluding carboxylic acids is 1. The van der Waals surface area contributed by atoms with E-state index in [1.54, 1.807) is 0 Å². The summed E-state index contributed by atoms with van der Waals surface area (Å²) in [5, 5.41) is 2.68. The number of hydrogen-bond acceptors (Lipinski definition) is 2. The van der Waals surface area contributed by atoms with Crippen molar-refractivity contribution in [1.82, 2.24) is 5.32 Å². The molecule has 1 amide bonds. The van der Waals surface area contributed by atoms with Crippen LogP contribution in [0.4, 0.5) is 18.9 Å². The molecule has 1 aromatic carbocycles. The molecule has 19 heavy (non-hydrogen) atoms. The number of amides is 1. The van der Waals surface area contributed by atoms with Crippen molar-refractivity contribution in [2.75, 3.05) is 5.73 Å². The van der Waals surface area contributed by atoms with E-state index in [1.165, 1.54) is 6.07 Å². The molecule has 0 aliphatic heterocycles. The molecule has 1 aromatic rings. The molecule has 0 saturated heterocycles. The van der Waals surface area contributed by atoms with Gasteiger partial charge in [-0.2, -0.15) is 13.2 Å². The molecule has 106 valence electrons. The van der Waals surface area contributed by atoms with Gasteiger partial charge in [0.15, 0.2) is 0 Å². The van der Waals surface area contributed by atoms with Gasteiger partial charge in [0, 0.05) is 17.3 Å². The first-order chi connectivity index (χ1) is 8.79. The quantitative estimate of drug-likeness (QED) is 0.828. The highest BCUT2D eigenvalue weighted by molar-refractivity contribution is 5.95. The van der Waals surface area contributed by atoms with Gasteiger partial charge in [0.25, 0.3) is 5.91 Å². The number of anilines is 1. The van der Waals surface area contributed by atoms with Crippen molar-refractivity contribution in [3.63, 3.8) is 0 Å². The van der Waals surface area contributed by atoms with Gasteiger partial charge in [0.1, 0.15) is 0 Å². The lowest BCUT2D eigenvalue weighted by molar-refractivity contribution is -0.136. The zero-order chi connectivity index (χ0) is 14.6. The van der Waals surface area contributed by atoms with Crippen molar-refractivity contribution in [2.45, 2.75) is 38.9 Å². The van der Waals surface area contributed by atoms with Gasteiger partial charge in [-0.3, -0.25) is 4.79 Å². The predicted octanol–water partition coefficient (Wildman–Crippen LogP) is 3.21. The molecular formula is C13H17F3N2O. The molecule has 3 nitrogen and oxygen atoms in total. The van der Waals surface area contributed by atoms with E-state index < -0.39 is 17.6 Å². The molecule has 0 fully saturated rings. The smallest absolute Gasteiger partial charge is 0.398 e. The third kappa shape index (κ3) is 3.87. The average Bonchev–Trinajstić information content (AvgIpc) is 2.34. The Balaban J connectivity index is 2.99.